The van der Waals surface area contributed by atoms with E-state index in [4.69, 9.17) is 11.6 Å². The first-order valence-electron chi connectivity index (χ1n) is 6.18. The predicted octanol–water partition coefficient (Wildman–Crippen LogP) is 3.71. The molecule has 1 atom stereocenters. The number of thiophene rings is 1. The Hall–Kier alpha value is -1.10. The van der Waals surface area contributed by atoms with Crippen molar-refractivity contribution in [2.24, 2.45) is 0 Å². The molecule has 2 rings (SSSR count). The summed E-state index contributed by atoms with van der Waals surface area (Å²) in [7, 11) is 4.00. The highest BCUT2D eigenvalue weighted by molar-refractivity contribution is 7.16. The molecule has 0 saturated carbocycles. The molecule has 0 amide bonds. The molecule has 0 fully saturated rings. The summed E-state index contributed by atoms with van der Waals surface area (Å²) in [6, 6.07) is 8.44. The van der Waals surface area contributed by atoms with Crippen LogP contribution in [0.1, 0.15) is 23.5 Å². The third kappa shape index (κ3) is 3.69. The number of halogens is 1. The molecular formula is C14H18ClN3S. The van der Waals surface area contributed by atoms with Crippen LogP contribution in [0.25, 0.3) is 0 Å². The van der Waals surface area contributed by atoms with Gasteiger partial charge in [-0.25, -0.2) is 0 Å². The van der Waals surface area contributed by atoms with E-state index in [1.807, 2.05) is 19.3 Å². The van der Waals surface area contributed by atoms with Gasteiger partial charge in [-0.1, -0.05) is 11.6 Å². The summed E-state index contributed by atoms with van der Waals surface area (Å²) in [4.78, 5) is 7.91. The van der Waals surface area contributed by atoms with E-state index >= 15 is 0 Å². The minimum absolute atomic E-state index is 0.274. The molecule has 0 bridgehead atoms. The maximum Gasteiger partial charge on any atom is 0.0931 e. The molecule has 1 N–H and O–H groups in total. The van der Waals surface area contributed by atoms with E-state index in [0.29, 0.717) is 0 Å². The Kier molecular flexibility index (Phi) is 4.80. The van der Waals surface area contributed by atoms with Crippen molar-refractivity contribution in [3.8, 4) is 0 Å². The first kappa shape index (κ1) is 14.3. The van der Waals surface area contributed by atoms with Crippen LogP contribution in [0.3, 0.4) is 0 Å². The lowest BCUT2D eigenvalue weighted by molar-refractivity contribution is 0.633. The van der Waals surface area contributed by atoms with E-state index < -0.39 is 0 Å². The number of hydrogen-bond acceptors (Lipinski definition) is 4. The second-order valence-electron chi connectivity index (χ2n) is 4.51. The molecule has 0 aromatic carbocycles. The van der Waals surface area contributed by atoms with Crippen LogP contribution < -0.4 is 10.2 Å². The number of nitrogens with one attached hydrogen (secondary N) is 1. The van der Waals surface area contributed by atoms with E-state index in [1.54, 1.807) is 11.3 Å². The van der Waals surface area contributed by atoms with Crippen molar-refractivity contribution in [2.45, 2.75) is 19.5 Å². The number of anilines is 1. The van der Waals surface area contributed by atoms with Gasteiger partial charge in [0.2, 0.25) is 0 Å². The summed E-state index contributed by atoms with van der Waals surface area (Å²) in [5.74, 6) is 0. The summed E-state index contributed by atoms with van der Waals surface area (Å²) >= 11 is 7.56. The fourth-order valence-corrected chi connectivity index (χ4v) is 2.93. The Balaban J connectivity index is 2.05. The monoisotopic (exact) mass is 295 g/mol. The highest BCUT2D eigenvalue weighted by Gasteiger charge is 2.07. The lowest BCUT2D eigenvalue weighted by Gasteiger charge is -2.19. The highest BCUT2D eigenvalue weighted by atomic mass is 35.5. The van der Waals surface area contributed by atoms with Crippen LogP contribution in [0.5, 0.6) is 0 Å². The van der Waals surface area contributed by atoms with Gasteiger partial charge in [-0.2, -0.15) is 0 Å². The Morgan fingerprint density at radius 1 is 1.37 bits per heavy atom. The van der Waals surface area contributed by atoms with Crippen LogP contribution in [-0.2, 0) is 6.54 Å². The molecule has 2 heterocycles. The normalized spacial score (nSPS) is 12.4. The van der Waals surface area contributed by atoms with E-state index in [-0.39, 0.29) is 6.04 Å². The van der Waals surface area contributed by atoms with E-state index in [0.717, 1.165) is 22.3 Å². The average molecular weight is 296 g/mol. The van der Waals surface area contributed by atoms with Crippen LogP contribution >= 0.6 is 22.9 Å². The summed E-state index contributed by atoms with van der Waals surface area (Å²) in [6.07, 6.45) is 1.92. The molecule has 19 heavy (non-hydrogen) atoms. The smallest absolute Gasteiger partial charge is 0.0931 e. The molecule has 2 aromatic heterocycles. The lowest BCUT2D eigenvalue weighted by Crippen LogP contribution is -2.17. The Morgan fingerprint density at radius 3 is 2.68 bits per heavy atom. The number of pyridine rings is 1. The summed E-state index contributed by atoms with van der Waals surface area (Å²) < 4.78 is 0.833. The fraction of sp³-hybridized carbons (Fsp3) is 0.357. The minimum Gasteiger partial charge on any atom is -0.368 e. The molecule has 0 aliphatic rings. The van der Waals surface area contributed by atoms with Crippen molar-refractivity contribution in [1.82, 2.24) is 10.3 Å². The number of rotatable bonds is 5. The molecule has 0 spiro atoms. The summed E-state index contributed by atoms with van der Waals surface area (Å²) in [5.41, 5.74) is 2.16. The molecule has 102 valence electrons. The van der Waals surface area contributed by atoms with Crippen molar-refractivity contribution >= 4 is 28.6 Å². The predicted molar refractivity (Wildman–Crippen MR) is 83.1 cm³/mol. The largest absolute Gasteiger partial charge is 0.368 e. The summed E-state index contributed by atoms with van der Waals surface area (Å²) in [6.45, 7) is 2.94. The van der Waals surface area contributed by atoms with E-state index in [9.17, 15) is 0 Å². The second-order valence-corrected chi connectivity index (χ2v) is 6.31. The molecule has 0 radical (unpaired) electrons. The van der Waals surface area contributed by atoms with Crippen LogP contribution in [0.4, 0.5) is 5.69 Å². The molecule has 0 aliphatic carbocycles. The SMILES string of the molecule is CNC(C)c1ccc(N(C)Cc2ccc(Cl)s2)cn1. The summed E-state index contributed by atoms with van der Waals surface area (Å²) in [5, 5.41) is 3.18. The number of aromatic nitrogens is 1. The van der Waals surface area contributed by atoms with E-state index in [2.05, 4.69) is 47.4 Å². The van der Waals surface area contributed by atoms with Gasteiger partial charge in [0.25, 0.3) is 0 Å². The van der Waals surface area contributed by atoms with Crippen molar-refractivity contribution in [2.75, 3.05) is 19.0 Å². The quantitative estimate of drug-likeness (QED) is 0.911. The lowest BCUT2D eigenvalue weighted by atomic mass is 10.2. The zero-order valence-corrected chi connectivity index (χ0v) is 12.9. The highest BCUT2D eigenvalue weighted by Crippen LogP contribution is 2.24. The molecular weight excluding hydrogens is 278 g/mol. The topological polar surface area (TPSA) is 28.2 Å². The van der Waals surface area contributed by atoms with E-state index in [1.165, 1.54) is 4.88 Å². The van der Waals surface area contributed by atoms with Gasteiger partial charge >= 0.3 is 0 Å². The average Bonchev–Trinajstić information content (AvgIpc) is 2.83. The Morgan fingerprint density at radius 2 is 2.16 bits per heavy atom. The maximum atomic E-state index is 5.94. The molecule has 0 saturated heterocycles. The van der Waals surface area contributed by atoms with Crippen LogP contribution in [0, 0.1) is 0 Å². The van der Waals surface area contributed by atoms with Crippen molar-refractivity contribution in [3.63, 3.8) is 0 Å². The van der Waals surface area contributed by atoms with Gasteiger partial charge in [0, 0.05) is 18.0 Å². The van der Waals surface area contributed by atoms with Crippen molar-refractivity contribution < 1.29 is 0 Å². The molecule has 1 unspecified atom stereocenters. The Labute approximate surface area is 123 Å². The zero-order chi connectivity index (χ0) is 13.8. The van der Waals surface area contributed by atoms with Crippen LogP contribution in [-0.4, -0.2) is 19.1 Å². The van der Waals surface area contributed by atoms with Gasteiger partial charge in [-0.3, -0.25) is 4.98 Å². The van der Waals surface area contributed by atoms with Gasteiger partial charge in [0.15, 0.2) is 0 Å². The molecule has 0 aliphatic heterocycles. The van der Waals surface area contributed by atoms with Gasteiger partial charge in [0.05, 0.1) is 28.5 Å². The fourth-order valence-electron chi connectivity index (χ4n) is 1.79. The van der Waals surface area contributed by atoms with Crippen molar-refractivity contribution in [1.29, 1.82) is 0 Å². The van der Waals surface area contributed by atoms with Gasteiger partial charge < -0.3 is 10.2 Å². The molecule has 3 nitrogen and oxygen atoms in total. The van der Waals surface area contributed by atoms with Gasteiger partial charge in [0.1, 0.15) is 0 Å². The van der Waals surface area contributed by atoms with Gasteiger partial charge in [-0.15, -0.1) is 11.3 Å². The second kappa shape index (κ2) is 6.37. The number of hydrogen-bond donors (Lipinski definition) is 1. The minimum atomic E-state index is 0.274. The standard InChI is InChI=1S/C14H18ClN3S/c1-10(16-2)13-6-4-11(8-17-13)18(3)9-12-5-7-14(15)19-12/h4-8,10,16H,9H2,1-3H3. The zero-order valence-electron chi connectivity index (χ0n) is 11.4. The van der Waals surface area contributed by atoms with Crippen LogP contribution in [0.2, 0.25) is 4.34 Å². The first-order valence-corrected chi connectivity index (χ1v) is 7.38. The first-order chi connectivity index (χ1) is 9.10. The van der Waals surface area contributed by atoms with Gasteiger partial charge in [-0.05, 0) is 38.2 Å². The van der Waals surface area contributed by atoms with Crippen molar-refractivity contribution in [3.05, 3.63) is 45.4 Å². The van der Waals surface area contributed by atoms with Crippen LogP contribution in [0.15, 0.2) is 30.5 Å². The Bertz CT molecular complexity index is 524. The molecule has 5 heteroatoms. The molecule has 2 aromatic rings. The third-order valence-electron chi connectivity index (χ3n) is 3.11. The maximum absolute atomic E-state index is 5.94. The third-order valence-corrected chi connectivity index (χ3v) is 4.33. The number of nitrogens with zero attached hydrogens (tertiary/aromatic N) is 2.